The van der Waals surface area contributed by atoms with Crippen LogP contribution in [0, 0.1) is 6.92 Å². The van der Waals surface area contributed by atoms with E-state index >= 15 is 0 Å². The highest BCUT2D eigenvalue weighted by Gasteiger charge is 2.24. The Morgan fingerprint density at radius 2 is 2.30 bits per heavy atom. The minimum absolute atomic E-state index is 0.362. The molecular formula is C13H15N3O2S2. The largest absolute Gasteiger partial charge is 0.477 e. The third-order valence-corrected chi connectivity index (χ3v) is 5.77. The van der Waals surface area contributed by atoms with Crippen LogP contribution in [0.2, 0.25) is 0 Å². The molecule has 3 rings (SSSR count). The maximum absolute atomic E-state index is 11.3. The molecule has 2 aromatic rings. The Morgan fingerprint density at radius 1 is 1.50 bits per heavy atom. The van der Waals surface area contributed by atoms with Gasteiger partial charge in [-0.2, -0.15) is 11.8 Å². The van der Waals surface area contributed by atoms with E-state index in [-0.39, 0.29) is 0 Å². The van der Waals surface area contributed by atoms with Crippen molar-refractivity contribution in [2.24, 2.45) is 0 Å². The van der Waals surface area contributed by atoms with E-state index in [1.54, 1.807) is 0 Å². The second kappa shape index (κ2) is 5.21. The van der Waals surface area contributed by atoms with E-state index in [0.29, 0.717) is 10.1 Å². The van der Waals surface area contributed by atoms with Gasteiger partial charge in [-0.25, -0.2) is 14.8 Å². The Kier molecular flexibility index (Phi) is 3.55. The molecule has 1 fully saturated rings. The number of aromatic nitrogens is 2. The molecule has 0 bridgehead atoms. The lowest BCUT2D eigenvalue weighted by Crippen LogP contribution is -2.37. The van der Waals surface area contributed by atoms with Gasteiger partial charge in [0.05, 0.1) is 5.39 Å². The van der Waals surface area contributed by atoms with Crippen molar-refractivity contribution in [3.05, 3.63) is 16.8 Å². The first-order chi connectivity index (χ1) is 9.58. The maximum Gasteiger partial charge on any atom is 0.346 e. The molecule has 1 unspecified atom stereocenters. The molecule has 1 N–H and O–H groups in total. The minimum atomic E-state index is -0.890. The van der Waals surface area contributed by atoms with Gasteiger partial charge >= 0.3 is 5.97 Å². The zero-order chi connectivity index (χ0) is 14.3. The van der Waals surface area contributed by atoms with Crippen molar-refractivity contribution in [3.8, 4) is 0 Å². The smallest absolute Gasteiger partial charge is 0.346 e. The van der Waals surface area contributed by atoms with Crippen LogP contribution in [0.25, 0.3) is 10.2 Å². The highest BCUT2D eigenvalue weighted by molar-refractivity contribution is 8.00. The first-order valence-electron chi connectivity index (χ1n) is 6.42. The standard InChI is InChI=1S/C13H15N3O2S2/c1-7-5-16(3-4-19-7)11-9-8(2)10(13(17)18)20-12(9)15-6-14-11/h6-7H,3-5H2,1-2H3,(H,17,18). The van der Waals surface area contributed by atoms with Gasteiger partial charge in [-0.1, -0.05) is 6.92 Å². The third kappa shape index (κ3) is 2.25. The quantitative estimate of drug-likeness (QED) is 0.920. The summed E-state index contributed by atoms with van der Waals surface area (Å²) in [5.74, 6) is 1.06. The Labute approximate surface area is 125 Å². The number of hydrogen-bond acceptors (Lipinski definition) is 6. The number of thioether (sulfide) groups is 1. The summed E-state index contributed by atoms with van der Waals surface area (Å²) < 4.78 is 0. The number of fused-ring (bicyclic) bond motifs is 1. The molecule has 106 valence electrons. The molecule has 0 amide bonds. The summed E-state index contributed by atoms with van der Waals surface area (Å²) in [5, 5.41) is 10.7. The summed E-state index contributed by atoms with van der Waals surface area (Å²) in [6.07, 6.45) is 1.53. The van der Waals surface area contributed by atoms with Gasteiger partial charge in [-0.05, 0) is 12.5 Å². The number of carbonyl (C=O) groups is 1. The molecule has 0 spiro atoms. The fraction of sp³-hybridized carbons (Fsp3) is 0.462. The lowest BCUT2D eigenvalue weighted by molar-refractivity contribution is 0.0701. The summed E-state index contributed by atoms with van der Waals surface area (Å²) in [6, 6.07) is 0. The highest BCUT2D eigenvalue weighted by atomic mass is 32.2. The number of aromatic carboxylic acids is 1. The van der Waals surface area contributed by atoms with Crippen molar-refractivity contribution in [1.82, 2.24) is 9.97 Å². The number of carboxylic acids is 1. The maximum atomic E-state index is 11.3. The van der Waals surface area contributed by atoms with E-state index in [4.69, 9.17) is 0 Å². The highest BCUT2D eigenvalue weighted by Crippen LogP contribution is 2.36. The fourth-order valence-corrected chi connectivity index (χ4v) is 4.50. The number of aryl methyl sites for hydroxylation is 1. The Hall–Kier alpha value is -1.34. The van der Waals surface area contributed by atoms with Crippen molar-refractivity contribution < 1.29 is 9.90 Å². The van der Waals surface area contributed by atoms with Crippen LogP contribution >= 0.6 is 23.1 Å². The summed E-state index contributed by atoms with van der Waals surface area (Å²) >= 11 is 3.19. The van der Waals surface area contributed by atoms with Crippen molar-refractivity contribution in [2.45, 2.75) is 19.1 Å². The Balaban J connectivity index is 2.13. The summed E-state index contributed by atoms with van der Waals surface area (Å²) in [4.78, 5) is 23.3. The number of carboxylic acid groups (broad SMARTS) is 1. The van der Waals surface area contributed by atoms with Crippen molar-refractivity contribution >= 4 is 45.1 Å². The number of anilines is 1. The molecule has 1 atom stereocenters. The van der Waals surface area contributed by atoms with Gasteiger partial charge in [0.25, 0.3) is 0 Å². The second-order valence-electron chi connectivity index (χ2n) is 4.87. The zero-order valence-electron chi connectivity index (χ0n) is 11.3. The van der Waals surface area contributed by atoms with Gasteiger partial charge in [0.2, 0.25) is 0 Å². The Bertz CT molecular complexity index is 671. The van der Waals surface area contributed by atoms with Crippen LogP contribution in [0.5, 0.6) is 0 Å². The third-order valence-electron chi connectivity index (χ3n) is 3.44. The van der Waals surface area contributed by atoms with Gasteiger partial charge in [0.1, 0.15) is 21.9 Å². The van der Waals surface area contributed by atoms with E-state index in [0.717, 1.165) is 40.4 Å². The lowest BCUT2D eigenvalue weighted by atomic mass is 10.2. The van der Waals surface area contributed by atoms with E-state index in [2.05, 4.69) is 21.8 Å². The number of rotatable bonds is 2. The molecule has 3 heterocycles. The minimum Gasteiger partial charge on any atom is -0.477 e. The molecule has 7 heteroatoms. The topological polar surface area (TPSA) is 66.3 Å². The van der Waals surface area contributed by atoms with Crippen LogP contribution in [0.4, 0.5) is 5.82 Å². The first-order valence-corrected chi connectivity index (χ1v) is 8.28. The molecule has 0 aliphatic carbocycles. The zero-order valence-corrected chi connectivity index (χ0v) is 12.9. The molecule has 0 aromatic carbocycles. The van der Waals surface area contributed by atoms with Crippen LogP contribution in [-0.4, -0.2) is 45.1 Å². The summed E-state index contributed by atoms with van der Waals surface area (Å²) in [7, 11) is 0. The van der Waals surface area contributed by atoms with Crippen LogP contribution in [0.1, 0.15) is 22.2 Å². The van der Waals surface area contributed by atoms with E-state index < -0.39 is 5.97 Å². The predicted octanol–water partition coefficient (Wildman–Crippen LogP) is 2.64. The second-order valence-corrected chi connectivity index (χ2v) is 7.41. The number of hydrogen-bond donors (Lipinski definition) is 1. The Morgan fingerprint density at radius 3 is 3.00 bits per heavy atom. The SMILES string of the molecule is Cc1c(C(=O)O)sc2ncnc(N3CCSC(C)C3)c12. The van der Waals surface area contributed by atoms with Crippen molar-refractivity contribution in [1.29, 1.82) is 0 Å². The van der Waals surface area contributed by atoms with Crippen LogP contribution < -0.4 is 4.90 Å². The van der Waals surface area contributed by atoms with Crippen LogP contribution in [0.3, 0.4) is 0 Å². The lowest BCUT2D eigenvalue weighted by Gasteiger charge is -2.31. The van der Waals surface area contributed by atoms with Crippen molar-refractivity contribution in [3.63, 3.8) is 0 Å². The molecule has 20 heavy (non-hydrogen) atoms. The van der Waals surface area contributed by atoms with E-state index in [9.17, 15) is 9.90 Å². The van der Waals surface area contributed by atoms with Gasteiger partial charge < -0.3 is 10.0 Å². The summed E-state index contributed by atoms with van der Waals surface area (Å²) in [5.41, 5.74) is 0.777. The predicted molar refractivity (Wildman–Crippen MR) is 83.2 cm³/mol. The van der Waals surface area contributed by atoms with Crippen molar-refractivity contribution in [2.75, 3.05) is 23.7 Å². The average Bonchev–Trinajstić information content (AvgIpc) is 2.76. The normalized spacial score (nSPS) is 19.5. The molecule has 0 saturated carbocycles. The van der Waals surface area contributed by atoms with E-state index in [1.807, 2.05) is 18.7 Å². The van der Waals surface area contributed by atoms with Gasteiger partial charge in [0, 0.05) is 24.1 Å². The number of thiophene rings is 1. The monoisotopic (exact) mass is 309 g/mol. The fourth-order valence-electron chi connectivity index (χ4n) is 2.51. The van der Waals surface area contributed by atoms with Gasteiger partial charge in [-0.3, -0.25) is 0 Å². The van der Waals surface area contributed by atoms with Crippen LogP contribution in [-0.2, 0) is 0 Å². The molecule has 1 saturated heterocycles. The average molecular weight is 309 g/mol. The van der Waals surface area contributed by atoms with E-state index in [1.165, 1.54) is 17.7 Å². The van der Waals surface area contributed by atoms with Crippen LogP contribution in [0.15, 0.2) is 6.33 Å². The molecule has 0 radical (unpaired) electrons. The number of nitrogens with zero attached hydrogens (tertiary/aromatic N) is 3. The molecule has 1 aliphatic heterocycles. The van der Waals surface area contributed by atoms with Gasteiger partial charge in [-0.15, -0.1) is 11.3 Å². The summed E-state index contributed by atoms with van der Waals surface area (Å²) in [6.45, 7) is 5.93. The molecule has 5 nitrogen and oxygen atoms in total. The molecular weight excluding hydrogens is 294 g/mol. The molecule has 2 aromatic heterocycles. The van der Waals surface area contributed by atoms with Gasteiger partial charge in [0.15, 0.2) is 0 Å². The molecule has 1 aliphatic rings. The first kappa shape index (κ1) is 13.6.